The van der Waals surface area contributed by atoms with Gasteiger partial charge in [-0.05, 0) is 31.0 Å². The van der Waals surface area contributed by atoms with Crippen molar-refractivity contribution in [2.75, 3.05) is 37.9 Å². The van der Waals surface area contributed by atoms with Crippen molar-refractivity contribution in [3.63, 3.8) is 0 Å². The minimum Gasteiger partial charge on any atom is -0.399 e. The molecular formula is C12H20N2OS. The lowest BCUT2D eigenvalue weighted by atomic mass is 10.1. The summed E-state index contributed by atoms with van der Waals surface area (Å²) < 4.78 is 0. The molecular weight excluding hydrogens is 220 g/mol. The second-order valence-corrected chi connectivity index (χ2v) is 4.92. The minimum absolute atomic E-state index is 0.438. The van der Waals surface area contributed by atoms with Crippen LogP contribution in [0.25, 0.3) is 0 Å². The average molecular weight is 240 g/mol. The van der Waals surface area contributed by atoms with Gasteiger partial charge in [0, 0.05) is 24.5 Å². The second kappa shape index (κ2) is 6.78. The molecule has 4 heteroatoms. The maximum absolute atomic E-state index is 9.99. The third-order valence-corrected chi connectivity index (χ3v) is 3.07. The molecule has 0 spiro atoms. The molecule has 0 aliphatic heterocycles. The smallest absolute Gasteiger partial charge is 0.0916 e. The fourth-order valence-electron chi connectivity index (χ4n) is 1.46. The van der Waals surface area contributed by atoms with Crippen molar-refractivity contribution in [1.29, 1.82) is 0 Å². The highest BCUT2D eigenvalue weighted by Crippen LogP contribution is 2.15. The van der Waals surface area contributed by atoms with Gasteiger partial charge in [0.1, 0.15) is 0 Å². The molecule has 3 N–H and O–H groups in total. The van der Waals surface area contributed by atoms with Gasteiger partial charge in [-0.25, -0.2) is 0 Å². The first kappa shape index (κ1) is 13.4. The zero-order chi connectivity index (χ0) is 12.0. The van der Waals surface area contributed by atoms with Gasteiger partial charge in [0.2, 0.25) is 0 Å². The number of benzene rings is 1. The van der Waals surface area contributed by atoms with Crippen LogP contribution >= 0.6 is 11.8 Å². The van der Waals surface area contributed by atoms with Crippen molar-refractivity contribution in [3.05, 3.63) is 29.8 Å². The van der Waals surface area contributed by atoms with E-state index in [0.717, 1.165) is 23.5 Å². The summed E-state index contributed by atoms with van der Waals surface area (Å²) in [7, 11) is 2.02. The number of rotatable bonds is 6. The van der Waals surface area contributed by atoms with Crippen molar-refractivity contribution in [3.8, 4) is 0 Å². The first-order valence-electron chi connectivity index (χ1n) is 5.34. The van der Waals surface area contributed by atoms with Crippen LogP contribution in [0.1, 0.15) is 11.7 Å². The molecule has 16 heavy (non-hydrogen) atoms. The summed E-state index contributed by atoms with van der Waals surface area (Å²) in [6, 6.07) is 7.39. The maximum Gasteiger partial charge on any atom is 0.0916 e. The summed E-state index contributed by atoms with van der Waals surface area (Å²) in [5.74, 6) is 1.09. The first-order valence-corrected chi connectivity index (χ1v) is 6.74. The molecule has 1 unspecified atom stereocenters. The summed E-state index contributed by atoms with van der Waals surface area (Å²) in [5, 5.41) is 9.99. The predicted molar refractivity (Wildman–Crippen MR) is 71.7 cm³/mol. The molecule has 0 aliphatic rings. The molecule has 0 amide bonds. The molecule has 0 radical (unpaired) electrons. The Morgan fingerprint density at radius 1 is 1.38 bits per heavy atom. The van der Waals surface area contributed by atoms with Crippen LogP contribution < -0.4 is 5.73 Å². The van der Waals surface area contributed by atoms with Crippen molar-refractivity contribution < 1.29 is 5.11 Å². The van der Waals surface area contributed by atoms with Crippen LogP contribution in [0.5, 0.6) is 0 Å². The Labute approximate surface area is 102 Å². The lowest BCUT2D eigenvalue weighted by Crippen LogP contribution is -2.26. The largest absolute Gasteiger partial charge is 0.399 e. The number of nitrogen functional groups attached to an aromatic ring is 1. The molecule has 0 fully saturated rings. The second-order valence-electron chi connectivity index (χ2n) is 3.94. The van der Waals surface area contributed by atoms with Crippen LogP contribution in [-0.4, -0.2) is 42.2 Å². The zero-order valence-electron chi connectivity index (χ0n) is 9.89. The van der Waals surface area contributed by atoms with E-state index in [1.807, 2.05) is 43.1 Å². The van der Waals surface area contributed by atoms with E-state index in [1.165, 1.54) is 0 Å². The molecule has 0 aromatic heterocycles. The predicted octanol–water partition coefficient (Wildman–Crippen LogP) is 1.60. The molecule has 0 saturated heterocycles. The van der Waals surface area contributed by atoms with Crippen molar-refractivity contribution in [2.24, 2.45) is 0 Å². The zero-order valence-corrected chi connectivity index (χ0v) is 10.7. The molecule has 0 bridgehead atoms. The molecule has 0 aliphatic carbocycles. The monoisotopic (exact) mass is 240 g/mol. The first-order chi connectivity index (χ1) is 7.63. The average Bonchev–Trinajstić information content (AvgIpc) is 2.27. The number of nitrogens with zero attached hydrogens (tertiary/aromatic N) is 1. The topological polar surface area (TPSA) is 49.5 Å². The van der Waals surface area contributed by atoms with Crippen LogP contribution in [0.2, 0.25) is 0 Å². The lowest BCUT2D eigenvalue weighted by Gasteiger charge is -2.20. The van der Waals surface area contributed by atoms with Crippen molar-refractivity contribution in [2.45, 2.75) is 6.10 Å². The molecule has 1 rings (SSSR count). The van der Waals surface area contributed by atoms with Gasteiger partial charge in [0.25, 0.3) is 0 Å². The molecule has 3 nitrogen and oxygen atoms in total. The number of hydrogen-bond donors (Lipinski definition) is 2. The van der Waals surface area contributed by atoms with Crippen molar-refractivity contribution >= 4 is 17.4 Å². The number of likely N-dealkylation sites (N-methyl/N-ethyl adjacent to an activating group) is 1. The highest BCUT2D eigenvalue weighted by molar-refractivity contribution is 7.98. The van der Waals surface area contributed by atoms with E-state index in [0.29, 0.717) is 6.54 Å². The Morgan fingerprint density at radius 2 is 2.00 bits per heavy atom. The van der Waals surface area contributed by atoms with Gasteiger partial charge < -0.3 is 15.7 Å². The quantitative estimate of drug-likeness (QED) is 0.742. The van der Waals surface area contributed by atoms with Gasteiger partial charge in [0.05, 0.1) is 6.10 Å². The summed E-state index contributed by atoms with van der Waals surface area (Å²) in [5.41, 5.74) is 7.25. The van der Waals surface area contributed by atoms with Crippen molar-refractivity contribution in [1.82, 2.24) is 4.90 Å². The molecule has 1 aromatic carbocycles. The number of thioether (sulfide) groups is 1. The number of nitrogens with two attached hydrogens (primary N) is 1. The summed E-state index contributed by atoms with van der Waals surface area (Å²) in [6.07, 6.45) is 1.65. The van der Waals surface area contributed by atoms with Gasteiger partial charge in [-0.2, -0.15) is 11.8 Å². The van der Waals surface area contributed by atoms with Crippen LogP contribution in [0, 0.1) is 0 Å². The Kier molecular flexibility index (Phi) is 5.66. The van der Waals surface area contributed by atoms with Gasteiger partial charge in [-0.15, -0.1) is 0 Å². The third kappa shape index (κ3) is 4.43. The van der Waals surface area contributed by atoms with Gasteiger partial charge in [-0.1, -0.05) is 12.1 Å². The van der Waals surface area contributed by atoms with E-state index >= 15 is 0 Å². The molecule has 1 aromatic rings. The van der Waals surface area contributed by atoms with E-state index in [1.54, 1.807) is 0 Å². The normalized spacial score (nSPS) is 13.0. The SMILES string of the molecule is CSCCN(C)CC(O)c1ccc(N)cc1. The van der Waals surface area contributed by atoms with E-state index in [-0.39, 0.29) is 0 Å². The van der Waals surface area contributed by atoms with Gasteiger partial charge in [0.15, 0.2) is 0 Å². The summed E-state index contributed by atoms with van der Waals surface area (Å²) >= 11 is 1.81. The number of aliphatic hydroxyl groups is 1. The van der Waals surface area contributed by atoms with E-state index in [9.17, 15) is 5.11 Å². The minimum atomic E-state index is -0.438. The van der Waals surface area contributed by atoms with Gasteiger partial charge in [-0.3, -0.25) is 0 Å². The molecule has 0 saturated carbocycles. The maximum atomic E-state index is 9.99. The Balaban J connectivity index is 2.45. The molecule has 0 heterocycles. The summed E-state index contributed by atoms with van der Waals surface area (Å²) in [4.78, 5) is 2.14. The van der Waals surface area contributed by atoms with E-state index in [4.69, 9.17) is 5.73 Å². The van der Waals surface area contributed by atoms with Crippen LogP contribution in [-0.2, 0) is 0 Å². The standard InChI is InChI=1S/C12H20N2OS/c1-14(7-8-16-2)9-12(15)10-3-5-11(13)6-4-10/h3-6,12,15H,7-9,13H2,1-2H3. The Bertz CT molecular complexity index is 302. The fourth-order valence-corrected chi connectivity index (χ4v) is 1.95. The number of hydrogen-bond acceptors (Lipinski definition) is 4. The highest BCUT2D eigenvalue weighted by atomic mass is 32.2. The van der Waals surface area contributed by atoms with Crippen LogP contribution in [0.15, 0.2) is 24.3 Å². The van der Waals surface area contributed by atoms with Crippen LogP contribution in [0.4, 0.5) is 5.69 Å². The highest BCUT2D eigenvalue weighted by Gasteiger charge is 2.09. The number of anilines is 1. The Morgan fingerprint density at radius 3 is 2.56 bits per heavy atom. The summed E-state index contributed by atoms with van der Waals surface area (Å²) in [6.45, 7) is 1.65. The molecule has 90 valence electrons. The van der Waals surface area contributed by atoms with Gasteiger partial charge >= 0.3 is 0 Å². The third-order valence-electron chi connectivity index (χ3n) is 2.48. The van der Waals surface area contributed by atoms with Crippen LogP contribution in [0.3, 0.4) is 0 Å². The van der Waals surface area contributed by atoms with E-state index in [2.05, 4.69) is 11.2 Å². The fraction of sp³-hybridized carbons (Fsp3) is 0.500. The molecule has 1 atom stereocenters. The van der Waals surface area contributed by atoms with E-state index < -0.39 is 6.10 Å². The lowest BCUT2D eigenvalue weighted by molar-refractivity contribution is 0.130. The number of aliphatic hydroxyl groups excluding tert-OH is 1. The Hall–Kier alpha value is -0.710.